The number of amides is 1. The number of carbonyl (C=O) groups is 2. The number of piperidine rings is 1. The van der Waals surface area contributed by atoms with Crippen molar-refractivity contribution >= 4 is 11.7 Å². The molecule has 0 unspecified atom stereocenters. The number of methoxy groups -OCH3 is 1. The fraction of sp³-hybridized carbons (Fsp3) is 0.286. The first kappa shape index (κ1) is 17.7. The first-order valence-electron chi connectivity index (χ1n) is 8.60. The van der Waals surface area contributed by atoms with E-state index in [0.29, 0.717) is 48.4 Å². The third kappa shape index (κ3) is 3.60. The average Bonchev–Trinajstić information content (AvgIpc) is 2.73. The molecule has 5 heteroatoms. The highest BCUT2D eigenvalue weighted by atomic mass is 16.5. The summed E-state index contributed by atoms with van der Waals surface area (Å²) < 4.78 is 5.12. The van der Waals surface area contributed by atoms with E-state index in [0.717, 1.165) is 0 Å². The maximum atomic E-state index is 12.9. The van der Waals surface area contributed by atoms with Gasteiger partial charge in [-0.25, -0.2) is 0 Å². The average molecular weight is 348 g/mol. The first-order valence-corrected chi connectivity index (χ1v) is 8.60. The van der Waals surface area contributed by atoms with Gasteiger partial charge in [-0.1, -0.05) is 18.2 Å². The molecule has 1 fully saturated rings. The molecule has 132 valence electrons. The summed E-state index contributed by atoms with van der Waals surface area (Å²) in [5.74, 6) is 0.337. The number of nitrogens with zero attached hydrogens (tertiary/aromatic N) is 2. The lowest BCUT2D eigenvalue weighted by atomic mass is 9.95. The number of ether oxygens (including phenoxy) is 1. The van der Waals surface area contributed by atoms with Crippen molar-refractivity contribution in [3.63, 3.8) is 0 Å². The van der Waals surface area contributed by atoms with Gasteiger partial charge in [0.1, 0.15) is 5.75 Å². The Morgan fingerprint density at radius 2 is 1.65 bits per heavy atom. The van der Waals surface area contributed by atoms with Crippen LogP contribution in [0, 0.1) is 17.2 Å². The second-order valence-electron chi connectivity index (χ2n) is 6.30. The first-order chi connectivity index (χ1) is 12.6. The predicted molar refractivity (Wildman–Crippen MR) is 97.1 cm³/mol. The van der Waals surface area contributed by atoms with Crippen LogP contribution in [0.25, 0.3) is 0 Å². The van der Waals surface area contributed by atoms with Crippen molar-refractivity contribution in [3.8, 4) is 11.8 Å². The second kappa shape index (κ2) is 7.83. The number of rotatable bonds is 4. The highest BCUT2D eigenvalue weighted by Gasteiger charge is 2.26. The third-order valence-corrected chi connectivity index (χ3v) is 4.72. The van der Waals surface area contributed by atoms with Crippen LogP contribution in [0.15, 0.2) is 48.5 Å². The predicted octanol–water partition coefficient (Wildman–Crippen LogP) is 3.30. The van der Waals surface area contributed by atoms with Crippen molar-refractivity contribution in [1.82, 2.24) is 4.90 Å². The summed E-state index contributed by atoms with van der Waals surface area (Å²) in [5, 5.41) is 9.01. The largest absolute Gasteiger partial charge is 0.497 e. The minimum absolute atomic E-state index is 0.00947. The molecule has 3 rings (SSSR count). The molecule has 0 saturated carbocycles. The Labute approximate surface area is 152 Å². The molecule has 1 heterocycles. The van der Waals surface area contributed by atoms with Gasteiger partial charge in [-0.05, 0) is 43.2 Å². The summed E-state index contributed by atoms with van der Waals surface area (Å²) in [5.41, 5.74) is 1.31. The number of hydrogen-bond donors (Lipinski definition) is 0. The molecule has 0 aliphatic carbocycles. The van der Waals surface area contributed by atoms with Crippen LogP contribution in [0.4, 0.5) is 0 Å². The quantitative estimate of drug-likeness (QED) is 0.795. The van der Waals surface area contributed by atoms with Crippen molar-refractivity contribution in [3.05, 3.63) is 65.2 Å². The van der Waals surface area contributed by atoms with Gasteiger partial charge in [0.2, 0.25) is 0 Å². The van der Waals surface area contributed by atoms with Gasteiger partial charge in [0.05, 0.1) is 18.7 Å². The summed E-state index contributed by atoms with van der Waals surface area (Å²) in [6, 6.07) is 16.0. The minimum Gasteiger partial charge on any atom is -0.497 e. The second-order valence-corrected chi connectivity index (χ2v) is 6.30. The molecule has 1 aliphatic heterocycles. The van der Waals surface area contributed by atoms with Crippen LogP contribution in [0.2, 0.25) is 0 Å². The number of nitriles is 1. The molecule has 0 aromatic heterocycles. The lowest BCUT2D eigenvalue weighted by Crippen LogP contribution is -2.38. The number of benzene rings is 2. The van der Waals surface area contributed by atoms with Crippen LogP contribution in [-0.4, -0.2) is 36.8 Å². The van der Waals surface area contributed by atoms with E-state index in [-0.39, 0.29) is 17.6 Å². The highest BCUT2D eigenvalue weighted by molar-refractivity contribution is 6.15. The van der Waals surface area contributed by atoms with E-state index in [4.69, 9.17) is 10.00 Å². The van der Waals surface area contributed by atoms with Gasteiger partial charge in [0.15, 0.2) is 5.78 Å². The van der Waals surface area contributed by atoms with Crippen molar-refractivity contribution in [2.45, 2.75) is 12.8 Å². The Morgan fingerprint density at radius 3 is 2.23 bits per heavy atom. The minimum atomic E-state index is -0.191. The molecular weight excluding hydrogens is 328 g/mol. The maximum Gasteiger partial charge on any atom is 0.254 e. The maximum absolute atomic E-state index is 12.9. The molecule has 1 aliphatic rings. The van der Waals surface area contributed by atoms with Gasteiger partial charge in [-0.3, -0.25) is 9.59 Å². The molecule has 2 aromatic rings. The van der Waals surface area contributed by atoms with E-state index >= 15 is 0 Å². The van der Waals surface area contributed by atoms with Crippen LogP contribution in [0.5, 0.6) is 5.75 Å². The lowest BCUT2D eigenvalue weighted by molar-refractivity contribution is 0.0703. The number of hydrogen-bond acceptors (Lipinski definition) is 4. The van der Waals surface area contributed by atoms with Gasteiger partial charge in [0.25, 0.3) is 5.91 Å². The van der Waals surface area contributed by atoms with Crippen molar-refractivity contribution < 1.29 is 14.3 Å². The lowest BCUT2D eigenvalue weighted by Gasteiger charge is -2.29. The van der Waals surface area contributed by atoms with Crippen molar-refractivity contribution in [2.24, 2.45) is 5.92 Å². The smallest absolute Gasteiger partial charge is 0.254 e. The molecule has 1 amide bonds. The van der Waals surface area contributed by atoms with Gasteiger partial charge >= 0.3 is 0 Å². The number of carbonyl (C=O) groups excluding carboxylic acids is 2. The molecule has 0 bridgehead atoms. The van der Waals surface area contributed by atoms with Gasteiger partial charge in [0, 0.05) is 30.1 Å². The van der Waals surface area contributed by atoms with E-state index < -0.39 is 0 Å². The Bertz CT molecular complexity index is 844. The van der Waals surface area contributed by atoms with Crippen LogP contribution >= 0.6 is 0 Å². The van der Waals surface area contributed by atoms with E-state index in [1.54, 1.807) is 60.5 Å². The molecule has 0 atom stereocenters. The molecule has 0 N–H and O–H groups in total. The van der Waals surface area contributed by atoms with Crippen LogP contribution in [0.1, 0.15) is 39.1 Å². The van der Waals surface area contributed by atoms with E-state index in [1.807, 2.05) is 0 Å². The van der Waals surface area contributed by atoms with Gasteiger partial charge < -0.3 is 9.64 Å². The summed E-state index contributed by atoms with van der Waals surface area (Å²) in [4.78, 5) is 27.6. The zero-order chi connectivity index (χ0) is 18.5. The monoisotopic (exact) mass is 348 g/mol. The highest BCUT2D eigenvalue weighted by Crippen LogP contribution is 2.22. The van der Waals surface area contributed by atoms with E-state index in [9.17, 15) is 9.59 Å². The fourth-order valence-electron chi connectivity index (χ4n) is 3.15. The third-order valence-electron chi connectivity index (χ3n) is 4.72. The zero-order valence-electron chi connectivity index (χ0n) is 14.6. The van der Waals surface area contributed by atoms with Crippen molar-refractivity contribution in [2.75, 3.05) is 20.2 Å². The normalized spacial score (nSPS) is 14.5. The SMILES string of the molecule is COc1ccc(C(=O)c2ccccc2C(=O)N2CCC(C#N)CC2)cc1. The number of ketones is 1. The molecule has 2 aromatic carbocycles. The van der Waals surface area contributed by atoms with Crippen LogP contribution < -0.4 is 4.74 Å². The molecule has 0 spiro atoms. The summed E-state index contributed by atoms with van der Waals surface area (Å²) >= 11 is 0. The Hall–Kier alpha value is -3.13. The van der Waals surface area contributed by atoms with E-state index in [2.05, 4.69) is 6.07 Å². The summed E-state index contributed by atoms with van der Waals surface area (Å²) in [6.07, 6.45) is 1.35. The standard InChI is InChI=1S/C21H20N2O3/c1-26-17-8-6-16(7-9-17)20(24)18-4-2-3-5-19(18)21(25)23-12-10-15(14-22)11-13-23/h2-9,15H,10-13H2,1H3. The Morgan fingerprint density at radius 1 is 1.04 bits per heavy atom. The van der Waals surface area contributed by atoms with Crippen molar-refractivity contribution in [1.29, 1.82) is 5.26 Å². The Kier molecular flexibility index (Phi) is 5.33. The van der Waals surface area contributed by atoms with Crippen LogP contribution in [0.3, 0.4) is 0 Å². The zero-order valence-corrected chi connectivity index (χ0v) is 14.6. The molecular formula is C21H20N2O3. The summed E-state index contributed by atoms with van der Waals surface area (Å²) in [7, 11) is 1.57. The fourth-order valence-corrected chi connectivity index (χ4v) is 3.15. The Balaban J connectivity index is 1.84. The van der Waals surface area contributed by atoms with Gasteiger partial charge in [-0.15, -0.1) is 0 Å². The van der Waals surface area contributed by atoms with E-state index in [1.165, 1.54) is 0 Å². The molecule has 0 radical (unpaired) electrons. The number of likely N-dealkylation sites (tertiary alicyclic amines) is 1. The topological polar surface area (TPSA) is 70.4 Å². The molecule has 5 nitrogen and oxygen atoms in total. The van der Waals surface area contributed by atoms with Crippen LogP contribution in [-0.2, 0) is 0 Å². The summed E-state index contributed by atoms with van der Waals surface area (Å²) in [6.45, 7) is 1.09. The molecule has 26 heavy (non-hydrogen) atoms. The molecule has 1 saturated heterocycles. The van der Waals surface area contributed by atoms with Gasteiger partial charge in [-0.2, -0.15) is 5.26 Å².